The lowest BCUT2D eigenvalue weighted by Crippen LogP contribution is -2.52. The molecule has 1 aliphatic rings. The molecule has 0 spiro atoms. The van der Waals surface area contributed by atoms with Crippen molar-refractivity contribution in [2.45, 2.75) is 33.4 Å². The number of hydrogen-bond donors (Lipinski definition) is 1. The standard InChI is InChI=1S/C22H33N7/c1-4-9-23-22(24-10-11-29-18-25-26-21(29)5-2)28-14-12-27(13-15-28)17-20-8-6-7-19(3)16-20/h4,6-8,16,18H,1,5,9-15,17H2,2-3H3,(H,23,24). The van der Waals surface area contributed by atoms with Crippen molar-refractivity contribution in [3.8, 4) is 0 Å². The van der Waals surface area contributed by atoms with E-state index < -0.39 is 0 Å². The van der Waals surface area contributed by atoms with Gasteiger partial charge in [0.05, 0.1) is 6.54 Å². The van der Waals surface area contributed by atoms with Gasteiger partial charge in [0.25, 0.3) is 0 Å². The van der Waals surface area contributed by atoms with Crippen molar-refractivity contribution in [3.05, 3.63) is 60.2 Å². The maximum absolute atomic E-state index is 4.84. The van der Waals surface area contributed by atoms with Gasteiger partial charge < -0.3 is 14.8 Å². The molecule has 0 aliphatic carbocycles. The molecule has 1 aromatic heterocycles. The minimum absolute atomic E-state index is 0.702. The van der Waals surface area contributed by atoms with Crippen LogP contribution in [0.4, 0.5) is 0 Å². The molecule has 0 amide bonds. The summed E-state index contributed by atoms with van der Waals surface area (Å²) in [5, 5.41) is 11.6. The molecule has 2 heterocycles. The molecule has 0 atom stereocenters. The minimum Gasteiger partial charge on any atom is -0.353 e. The van der Waals surface area contributed by atoms with Crippen molar-refractivity contribution in [1.82, 2.24) is 29.9 Å². The van der Waals surface area contributed by atoms with Crippen molar-refractivity contribution in [3.63, 3.8) is 0 Å². The van der Waals surface area contributed by atoms with Crippen LogP contribution in [0.5, 0.6) is 0 Å². The van der Waals surface area contributed by atoms with Crippen molar-refractivity contribution in [2.75, 3.05) is 39.3 Å². The van der Waals surface area contributed by atoms with Crippen LogP contribution in [0.15, 0.2) is 48.2 Å². The summed E-state index contributed by atoms with van der Waals surface area (Å²) < 4.78 is 2.08. The van der Waals surface area contributed by atoms with E-state index in [2.05, 4.69) is 74.6 Å². The van der Waals surface area contributed by atoms with Crippen molar-refractivity contribution in [2.24, 2.45) is 4.99 Å². The van der Waals surface area contributed by atoms with E-state index >= 15 is 0 Å². The third-order valence-electron chi connectivity index (χ3n) is 5.18. The van der Waals surface area contributed by atoms with Gasteiger partial charge >= 0.3 is 0 Å². The lowest BCUT2D eigenvalue weighted by atomic mass is 10.1. The van der Waals surface area contributed by atoms with E-state index in [1.54, 1.807) is 6.33 Å². The summed E-state index contributed by atoms with van der Waals surface area (Å²) in [7, 11) is 0. The second-order valence-corrected chi connectivity index (χ2v) is 7.42. The summed E-state index contributed by atoms with van der Waals surface area (Å²) in [5.74, 6) is 1.97. The zero-order chi connectivity index (χ0) is 20.5. The molecule has 7 heteroatoms. The highest BCUT2D eigenvalue weighted by molar-refractivity contribution is 5.80. The molecule has 29 heavy (non-hydrogen) atoms. The van der Waals surface area contributed by atoms with Crippen molar-refractivity contribution >= 4 is 5.96 Å². The topological polar surface area (TPSA) is 61.6 Å². The van der Waals surface area contributed by atoms with Gasteiger partial charge in [-0.1, -0.05) is 42.8 Å². The largest absolute Gasteiger partial charge is 0.353 e. The normalized spacial score (nSPS) is 15.5. The number of aryl methyl sites for hydroxylation is 2. The molecule has 0 radical (unpaired) electrons. The molecule has 1 aliphatic heterocycles. The summed E-state index contributed by atoms with van der Waals surface area (Å²) >= 11 is 0. The summed E-state index contributed by atoms with van der Waals surface area (Å²) in [6.07, 6.45) is 4.54. The minimum atomic E-state index is 0.702. The second-order valence-electron chi connectivity index (χ2n) is 7.42. The monoisotopic (exact) mass is 395 g/mol. The van der Waals surface area contributed by atoms with Crippen molar-refractivity contribution in [1.29, 1.82) is 0 Å². The van der Waals surface area contributed by atoms with Crippen LogP contribution >= 0.6 is 0 Å². The van der Waals surface area contributed by atoms with E-state index in [0.717, 1.165) is 64.0 Å². The molecule has 0 unspecified atom stereocenters. The first-order valence-electron chi connectivity index (χ1n) is 10.5. The molecule has 1 aromatic carbocycles. The van der Waals surface area contributed by atoms with E-state index in [9.17, 15) is 0 Å². The van der Waals surface area contributed by atoms with Gasteiger partial charge in [0.2, 0.25) is 0 Å². The lowest BCUT2D eigenvalue weighted by molar-refractivity contribution is 0.172. The van der Waals surface area contributed by atoms with Gasteiger partial charge in [-0.05, 0) is 12.5 Å². The highest BCUT2D eigenvalue weighted by atomic mass is 15.3. The highest BCUT2D eigenvalue weighted by Crippen LogP contribution is 2.10. The third-order valence-corrected chi connectivity index (χ3v) is 5.18. The van der Waals surface area contributed by atoms with E-state index in [4.69, 9.17) is 4.99 Å². The summed E-state index contributed by atoms with van der Waals surface area (Å²) in [6, 6.07) is 8.79. The summed E-state index contributed by atoms with van der Waals surface area (Å²) in [6.45, 7) is 15.3. The number of hydrogen-bond acceptors (Lipinski definition) is 4. The first-order valence-corrected chi connectivity index (χ1v) is 10.5. The van der Waals surface area contributed by atoms with Gasteiger partial charge in [0, 0.05) is 52.2 Å². The third kappa shape index (κ3) is 6.15. The van der Waals surface area contributed by atoms with E-state index in [1.165, 1.54) is 11.1 Å². The quantitative estimate of drug-likeness (QED) is 0.421. The predicted molar refractivity (Wildman–Crippen MR) is 118 cm³/mol. The summed E-state index contributed by atoms with van der Waals surface area (Å²) in [4.78, 5) is 9.71. The van der Waals surface area contributed by atoms with Gasteiger partial charge in [-0.25, -0.2) is 0 Å². The van der Waals surface area contributed by atoms with Gasteiger partial charge in [-0.15, -0.1) is 16.8 Å². The van der Waals surface area contributed by atoms with E-state index in [-0.39, 0.29) is 0 Å². The van der Waals surface area contributed by atoms with Crippen LogP contribution in [0.3, 0.4) is 0 Å². The van der Waals surface area contributed by atoms with Crippen LogP contribution in [0.1, 0.15) is 23.9 Å². The van der Waals surface area contributed by atoms with Gasteiger partial charge in [0.1, 0.15) is 12.2 Å². The molecular formula is C22H33N7. The number of nitrogens with zero attached hydrogens (tertiary/aromatic N) is 6. The number of nitrogens with one attached hydrogen (secondary N) is 1. The predicted octanol–water partition coefficient (Wildman–Crippen LogP) is 2.10. The number of benzene rings is 1. The fourth-order valence-electron chi connectivity index (χ4n) is 3.62. The Labute approximate surface area is 174 Å². The molecular weight excluding hydrogens is 362 g/mol. The lowest BCUT2D eigenvalue weighted by Gasteiger charge is -2.36. The molecule has 3 rings (SSSR count). The molecule has 0 saturated carbocycles. The Kier molecular flexibility index (Phi) is 7.81. The molecule has 1 saturated heterocycles. The molecule has 2 aromatic rings. The Morgan fingerprint density at radius 3 is 2.83 bits per heavy atom. The fourth-order valence-corrected chi connectivity index (χ4v) is 3.62. The SMILES string of the molecule is C=CCNC(=NCCn1cnnc1CC)N1CCN(Cc2cccc(C)c2)CC1. The maximum Gasteiger partial charge on any atom is 0.194 e. The highest BCUT2D eigenvalue weighted by Gasteiger charge is 2.19. The van der Waals surface area contributed by atoms with Crippen LogP contribution in [-0.2, 0) is 19.5 Å². The molecule has 1 fully saturated rings. The fraction of sp³-hybridized carbons (Fsp3) is 0.500. The number of guanidine groups is 1. The maximum atomic E-state index is 4.84. The Balaban J connectivity index is 1.54. The molecule has 0 bridgehead atoms. The van der Waals surface area contributed by atoms with E-state index in [1.807, 2.05) is 6.08 Å². The van der Waals surface area contributed by atoms with Gasteiger partial charge in [-0.2, -0.15) is 0 Å². The Hall–Kier alpha value is -2.67. The Morgan fingerprint density at radius 2 is 2.10 bits per heavy atom. The summed E-state index contributed by atoms with van der Waals surface area (Å²) in [5.41, 5.74) is 2.71. The number of aromatic nitrogens is 3. The number of aliphatic imine (C=N–C) groups is 1. The smallest absolute Gasteiger partial charge is 0.194 e. The Bertz CT molecular complexity index is 803. The van der Waals surface area contributed by atoms with Crippen molar-refractivity contribution < 1.29 is 0 Å². The van der Waals surface area contributed by atoms with Crippen LogP contribution in [0.2, 0.25) is 0 Å². The zero-order valence-electron chi connectivity index (χ0n) is 17.7. The van der Waals surface area contributed by atoms with E-state index in [0.29, 0.717) is 6.54 Å². The average Bonchev–Trinajstić information content (AvgIpc) is 3.19. The first kappa shape index (κ1) is 21.0. The van der Waals surface area contributed by atoms with Gasteiger partial charge in [-0.3, -0.25) is 9.89 Å². The molecule has 7 nitrogen and oxygen atoms in total. The molecule has 1 N–H and O–H groups in total. The van der Waals surface area contributed by atoms with Crippen LogP contribution in [0.25, 0.3) is 0 Å². The average molecular weight is 396 g/mol. The van der Waals surface area contributed by atoms with Gasteiger partial charge in [0.15, 0.2) is 5.96 Å². The zero-order valence-corrected chi connectivity index (χ0v) is 17.7. The van der Waals surface area contributed by atoms with Crippen LogP contribution in [-0.4, -0.2) is 69.8 Å². The Morgan fingerprint density at radius 1 is 1.28 bits per heavy atom. The number of piperazine rings is 1. The molecule has 156 valence electrons. The number of rotatable bonds is 8. The van der Waals surface area contributed by atoms with Crippen LogP contribution in [0, 0.1) is 6.92 Å². The first-order chi connectivity index (χ1) is 14.2. The second kappa shape index (κ2) is 10.8. The van der Waals surface area contributed by atoms with Crippen LogP contribution < -0.4 is 5.32 Å².